The van der Waals surface area contributed by atoms with Gasteiger partial charge in [0.25, 0.3) is 0 Å². The minimum Gasteiger partial charge on any atom is -0.348 e. The van der Waals surface area contributed by atoms with E-state index in [-0.39, 0.29) is 6.04 Å². The van der Waals surface area contributed by atoms with E-state index in [1.807, 2.05) is 34.9 Å². The minimum atomic E-state index is 0.122. The lowest BCUT2D eigenvalue weighted by atomic mass is 10.1. The van der Waals surface area contributed by atoms with Gasteiger partial charge in [0, 0.05) is 9.77 Å². The fourth-order valence-corrected chi connectivity index (χ4v) is 3.21. The maximum Gasteiger partial charge on any atom is 0.225 e. The molecule has 6 heteroatoms. The molecule has 4 aromatic rings. The van der Waals surface area contributed by atoms with Gasteiger partial charge in [-0.25, -0.2) is 9.97 Å². The van der Waals surface area contributed by atoms with Crippen LogP contribution >= 0.6 is 22.6 Å². The molecule has 1 unspecified atom stereocenters. The summed E-state index contributed by atoms with van der Waals surface area (Å²) in [5, 5.41) is 3.36. The van der Waals surface area contributed by atoms with Crippen LogP contribution in [-0.2, 0) is 0 Å². The van der Waals surface area contributed by atoms with Gasteiger partial charge in [-0.05, 0) is 59.3 Å². The molecule has 5 nitrogen and oxygen atoms in total. The molecule has 0 radical (unpaired) electrons. The van der Waals surface area contributed by atoms with Crippen molar-refractivity contribution < 1.29 is 0 Å². The van der Waals surface area contributed by atoms with Gasteiger partial charge in [-0.2, -0.15) is 4.98 Å². The molecule has 2 aromatic heterocycles. The van der Waals surface area contributed by atoms with Crippen molar-refractivity contribution >= 4 is 39.6 Å². The van der Waals surface area contributed by atoms with E-state index in [0.717, 1.165) is 20.4 Å². The summed E-state index contributed by atoms with van der Waals surface area (Å²) in [6.07, 6.45) is 3.57. The predicted octanol–water partition coefficient (Wildman–Crippen LogP) is 4.59. The Hall–Kier alpha value is -2.48. The quantitative estimate of drug-likeness (QED) is 0.471. The third-order valence-corrected chi connectivity index (χ3v) is 4.71. The van der Waals surface area contributed by atoms with Gasteiger partial charge in [-0.3, -0.25) is 4.57 Å². The molecule has 0 bridgehead atoms. The number of anilines is 1. The Balaban J connectivity index is 1.66. The Morgan fingerprint density at radius 3 is 2.72 bits per heavy atom. The van der Waals surface area contributed by atoms with Gasteiger partial charge in [0.1, 0.15) is 12.1 Å². The molecule has 2 aromatic carbocycles. The number of nitrogens with one attached hydrogen (secondary N) is 1. The number of aromatic nitrogens is 4. The summed E-state index contributed by atoms with van der Waals surface area (Å²) in [6, 6.07) is 18.4. The molecule has 0 amide bonds. The highest BCUT2D eigenvalue weighted by Gasteiger charge is 2.10. The van der Waals surface area contributed by atoms with Crippen molar-refractivity contribution in [3.63, 3.8) is 0 Å². The largest absolute Gasteiger partial charge is 0.348 e. The third-order valence-electron chi connectivity index (χ3n) is 4.04. The van der Waals surface area contributed by atoms with Gasteiger partial charge >= 0.3 is 0 Å². The molecule has 0 aliphatic rings. The van der Waals surface area contributed by atoms with Gasteiger partial charge in [0.05, 0.1) is 17.1 Å². The second-order valence-electron chi connectivity index (χ2n) is 5.76. The average Bonchev–Trinajstić information content (AvgIpc) is 3.05. The summed E-state index contributed by atoms with van der Waals surface area (Å²) in [4.78, 5) is 13.5. The Bertz CT molecular complexity index is 1010. The Kier molecular flexibility index (Phi) is 4.35. The zero-order chi connectivity index (χ0) is 17.2. The van der Waals surface area contributed by atoms with E-state index in [1.165, 1.54) is 5.56 Å². The summed E-state index contributed by atoms with van der Waals surface area (Å²) in [5.74, 6) is 1.39. The second kappa shape index (κ2) is 6.79. The molecule has 124 valence electrons. The van der Waals surface area contributed by atoms with Crippen LogP contribution in [0.5, 0.6) is 0 Å². The Morgan fingerprint density at radius 2 is 1.88 bits per heavy atom. The van der Waals surface area contributed by atoms with Gasteiger partial charge < -0.3 is 5.32 Å². The smallest absolute Gasteiger partial charge is 0.225 e. The third kappa shape index (κ3) is 3.34. The highest BCUT2D eigenvalue weighted by molar-refractivity contribution is 14.1. The van der Waals surface area contributed by atoms with E-state index in [4.69, 9.17) is 0 Å². The summed E-state index contributed by atoms with van der Waals surface area (Å²) in [6.45, 7) is 2.10. The standard InChI is InChI=1S/C19H16IN5/c1-13(14-5-3-2-4-6-14)23-19-21-10-9-18(24-19)25-12-22-16-8-7-15(20)11-17(16)25/h2-13H,1H3,(H,21,23,24). The topological polar surface area (TPSA) is 55.6 Å². The molecular weight excluding hydrogens is 425 g/mol. The lowest BCUT2D eigenvalue weighted by molar-refractivity contribution is 0.854. The number of imidazole rings is 1. The monoisotopic (exact) mass is 441 g/mol. The summed E-state index contributed by atoms with van der Waals surface area (Å²) < 4.78 is 3.15. The molecule has 0 saturated heterocycles. The predicted molar refractivity (Wildman–Crippen MR) is 108 cm³/mol. The second-order valence-corrected chi connectivity index (χ2v) is 7.01. The fraction of sp³-hybridized carbons (Fsp3) is 0.105. The first-order chi connectivity index (χ1) is 12.2. The normalized spacial score (nSPS) is 12.2. The molecule has 4 rings (SSSR count). The Labute approximate surface area is 159 Å². The van der Waals surface area contributed by atoms with Gasteiger partial charge in [0.2, 0.25) is 5.95 Å². The number of hydrogen-bond acceptors (Lipinski definition) is 4. The summed E-state index contributed by atoms with van der Waals surface area (Å²) in [7, 11) is 0. The van der Waals surface area contributed by atoms with Crippen molar-refractivity contribution in [1.29, 1.82) is 0 Å². The zero-order valence-electron chi connectivity index (χ0n) is 13.6. The van der Waals surface area contributed by atoms with Crippen LogP contribution in [0.3, 0.4) is 0 Å². The maximum atomic E-state index is 4.66. The number of rotatable bonds is 4. The van der Waals surface area contributed by atoms with E-state index in [1.54, 1.807) is 12.5 Å². The van der Waals surface area contributed by atoms with E-state index in [2.05, 4.69) is 74.0 Å². The molecule has 2 heterocycles. The summed E-state index contributed by atoms with van der Waals surface area (Å²) in [5.41, 5.74) is 3.18. The van der Waals surface area contributed by atoms with Gasteiger partial charge in [0.15, 0.2) is 0 Å². The van der Waals surface area contributed by atoms with Crippen molar-refractivity contribution in [2.75, 3.05) is 5.32 Å². The van der Waals surface area contributed by atoms with Crippen molar-refractivity contribution in [1.82, 2.24) is 19.5 Å². The molecule has 0 aliphatic heterocycles. The zero-order valence-corrected chi connectivity index (χ0v) is 15.8. The SMILES string of the molecule is CC(Nc1nccc(-n2cnc3ccc(I)cc32)n1)c1ccccc1. The van der Waals surface area contributed by atoms with Crippen LogP contribution in [0.15, 0.2) is 67.1 Å². The molecule has 25 heavy (non-hydrogen) atoms. The van der Waals surface area contributed by atoms with Crippen LogP contribution in [0.1, 0.15) is 18.5 Å². The van der Waals surface area contributed by atoms with Crippen molar-refractivity contribution in [2.45, 2.75) is 13.0 Å². The molecule has 1 atom stereocenters. The van der Waals surface area contributed by atoms with Crippen LogP contribution in [0.25, 0.3) is 16.9 Å². The number of nitrogens with zero attached hydrogens (tertiary/aromatic N) is 4. The van der Waals surface area contributed by atoms with E-state index in [9.17, 15) is 0 Å². The molecule has 1 N–H and O–H groups in total. The molecular formula is C19H16IN5. The van der Waals surface area contributed by atoms with Gasteiger partial charge in [-0.15, -0.1) is 0 Å². The van der Waals surface area contributed by atoms with Gasteiger partial charge in [-0.1, -0.05) is 30.3 Å². The highest BCUT2D eigenvalue weighted by atomic mass is 127. The van der Waals surface area contributed by atoms with E-state index in [0.29, 0.717) is 5.95 Å². The Morgan fingerprint density at radius 1 is 1.04 bits per heavy atom. The van der Waals surface area contributed by atoms with Crippen LogP contribution in [0.4, 0.5) is 5.95 Å². The van der Waals surface area contributed by atoms with Crippen LogP contribution < -0.4 is 5.32 Å². The van der Waals surface area contributed by atoms with Crippen LogP contribution in [-0.4, -0.2) is 19.5 Å². The molecule has 0 aliphatic carbocycles. The van der Waals surface area contributed by atoms with Crippen LogP contribution in [0, 0.1) is 3.57 Å². The number of hydrogen-bond donors (Lipinski definition) is 1. The average molecular weight is 441 g/mol. The van der Waals surface area contributed by atoms with Crippen molar-refractivity contribution in [3.05, 3.63) is 76.3 Å². The first-order valence-electron chi connectivity index (χ1n) is 7.98. The van der Waals surface area contributed by atoms with Crippen molar-refractivity contribution in [3.8, 4) is 5.82 Å². The number of halogens is 1. The first kappa shape index (κ1) is 16.0. The number of benzene rings is 2. The first-order valence-corrected chi connectivity index (χ1v) is 9.06. The van der Waals surface area contributed by atoms with Crippen molar-refractivity contribution in [2.24, 2.45) is 0 Å². The number of fused-ring (bicyclic) bond motifs is 1. The minimum absolute atomic E-state index is 0.122. The summed E-state index contributed by atoms with van der Waals surface area (Å²) >= 11 is 2.30. The van der Waals surface area contributed by atoms with Crippen LogP contribution in [0.2, 0.25) is 0 Å². The fourth-order valence-electron chi connectivity index (χ4n) is 2.73. The lowest BCUT2D eigenvalue weighted by Crippen LogP contribution is -2.10. The maximum absolute atomic E-state index is 4.66. The molecule has 0 saturated carbocycles. The van der Waals surface area contributed by atoms with E-state index >= 15 is 0 Å². The molecule has 0 fully saturated rings. The lowest BCUT2D eigenvalue weighted by Gasteiger charge is -2.14. The molecule has 0 spiro atoms. The highest BCUT2D eigenvalue weighted by Crippen LogP contribution is 2.21. The van der Waals surface area contributed by atoms with E-state index < -0.39 is 0 Å².